The highest BCUT2D eigenvalue weighted by atomic mass is 32.1. The maximum atomic E-state index is 2.81. The fraction of sp³-hybridized carbons (Fsp3) is 0.294. The van der Waals surface area contributed by atoms with E-state index in [2.05, 4.69) is 255 Å². The molecule has 5 heteroatoms. The molecule has 0 spiro atoms. The van der Waals surface area contributed by atoms with Gasteiger partial charge in [0.1, 0.15) is 0 Å². The zero-order chi connectivity index (χ0) is 50.6. The van der Waals surface area contributed by atoms with Crippen LogP contribution in [-0.2, 0) is 21.7 Å². The van der Waals surface area contributed by atoms with Gasteiger partial charge < -0.3 is 14.7 Å². The molecule has 3 aliphatic heterocycles. The molecule has 73 heavy (non-hydrogen) atoms. The van der Waals surface area contributed by atoms with Crippen LogP contribution in [0.1, 0.15) is 124 Å². The molecule has 0 radical (unpaired) electrons. The molecular formula is C68H68BN3S. The van der Waals surface area contributed by atoms with E-state index in [0.29, 0.717) is 0 Å². The Morgan fingerprint density at radius 1 is 0.466 bits per heavy atom. The molecule has 8 aromatic carbocycles. The lowest BCUT2D eigenvalue weighted by atomic mass is 9.33. The van der Waals surface area contributed by atoms with E-state index < -0.39 is 0 Å². The molecule has 1 aromatic heterocycles. The van der Waals surface area contributed by atoms with Gasteiger partial charge in [-0.25, -0.2) is 0 Å². The third-order valence-corrected chi connectivity index (χ3v) is 19.0. The van der Waals surface area contributed by atoms with Crippen LogP contribution in [0.2, 0.25) is 0 Å². The molecule has 4 heterocycles. The van der Waals surface area contributed by atoms with E-state index in [0.717, 1.165) is 6.42 Å². The Labute approximate surface area is 438 Å². The molecule has 0 saturated heterocycles. The first-order valence-electron chi connectivity index (χ1n) is 26.9. The van der Waals surface area contributed by atoms with E-state index in [1.54, 1.807) is 0 Å². The topological polar surface area (TPSA) is 9.72 Å². The van der Waals surface area contributed by atoms with Gasteiger partial charge in [-0.1, -0.05) is 185 Å². The second-order valence-corrected chi connectivity index (χ2v) is 26.4. The number of fused-ring (bicyclic) bond motifs is 10. The van der Waals surface area contributed by atoms with Gasteiger partial charge in [0.15, 0.2) is 0 Å². The van der Waals surface area contributed by atoms with Crippen LogP contribution >= 0.6 is 11.3 Å². The standard InChI is InChI=1S/C68H68BN3S/c1-64(2,3)44-30-33-53(49(38-44)43-22-13-12-14-23-43)70-55-34-31-45(65(4,5)6)39-51(55)69-52-40-46(66(7,8)9)32-35-56(52)71(57-27-21-29-61-62(57)48-24-15-18-28-60(48)73-61)59-42-47(41-58(70)63(59)69)72-54-26-17-16-25-50(54)67(10)36-19-20-37-68(67,72)11/h12-18,21-35,38-42H,19-20,36-37H2,1-11H3. The Morgan fingerprint density at radius 2 is 1.00 bits per heavy atom. The number of thiophene rings is 1. The molecule has 2 unspecified atom stereocenters. The molecule has 364 valence electrons. The van der Waals surface area contributed by atoms with Crippen molar-refractivity contribution in [2.75, 3.05) is 14.7 Å². The van der Waals surface area contributed by atoms with Gasteiger partial charge in [0.05, 0.1) is 16.9 Å². The van der Waals surface area contributed by atoms with Crippen LogP contribution in [0.5, 0.6) is 0 Å². The molecule has 0 N–H and O–H groups in total. The third kappa shape index (κ3) is 6.83. The Bertz CT molecular complexity index is 3710. The Morgan fingerprint density at radius 3 is 1.66 bits per heavy atom. The Kier molecular flexibility index (Phi) is 10.1. The monoisotopic (exact) mass is 970 g/mol. The third-order valence-electron chi connectivity index (χ3n) is 17.9. The number of nitrogens with zero attached hydrogens (tertiary/aromatic N) is 3. The van der Waals surface area contributed by atoms with Crippen molar-refractivity contribution in [3.05, 3.63) is 186 Å². The number of rotatable bonds is 4. The molecule has 0 amide bonds. The molecule has 1 fully saturated rings. The van der Waals surface area contributed by atoms with Crippen molar-refractivity contribution in [1.29, 1.82) is 0 Å². The number of para-hydroxylation sites is 1. The lowest BCUT2D eigenvalue weighted by Gasteiger charge is -2.51. The SMILES string of the molecule is CC(C)(C)c1ccc2c(c1)B1c3cc(C(C)(C)C)ccc3N(c3cccc4sc5ccccc5c34)c3cc(N4c5ccccc5C5(C)CCCCC45C)cc(c31)N2c1ccc(C(C)(C)C)cc1-c1ccccc1. The molecule has 2 atom stereocenters. The minimum Gasteiger partial charge on any atom is -0.334 e. The summed E-state index contributed by atoms with van der Waals surface area (Å²) in [6.45, 7) is 26.4. The van der Waals surface area contributed by atoms with Gasteiger partial charge in [-0.3, -0.25) is 0 Å². The summed E-state index contributed by atoms with van der Waals surface area (Å²) < 4.78 is 2.63. The molecule has 4 aliphatic rings. The van der Waals surface area contributed by atoms with Crippen molar-refractivity contribution < 1.29 is 0 Å². The van der Waals surface area contributed by atoms with Gasteiger partial charge in [0.25, 0.3) is 6.71 Å². The van der Waals surface area contributed by atoms with Crippen LogP contribution in [-0.4, -0.2) is 12.3 Å². The average molecular weight is 970 g/mol. The summed E-state index contributed by atoms with van der Waals surface area (Å²) in [6.07, 6.45) is 4.77. The number of benzene rings is 8. The molecular weight excluding hydrogens is 902 g/mol. The second-order valence-electron chi connectivity index (χ2n) is 25.3. The van der Waals surface area contributed by atoms with Crippen molar-refractivity contribution in [2.45, 2.75) is 129 Å². The van der Waals surface area contributed by atoms with Gasteiger partial charge in [-0.15, -0.1) is 11.3 Å². The van der Waals surface area contributed by atoms with Crippen molar-refractivity contribution in [3.8, 4) is 11.1 Å². The molecule has 0 bridgehead atoms. The highest BCUT2D eigenvalue weighted by molar-refractivity contribution is 7.26. The number of hydrogen-bond donors (Lipinski definition) is 0. The minimum atomic E-state index is -0.138. The number of anilines is 8. The zero-order valence-corrected chi connectivity index (χ0v) is 45.6. The van der Waals surface area contributed by atoms with Crippen LogP contribution < -0.4 is 31.1 Å². The summed E-state index contributed by atoms with van der Waals surface area (Å²) in [4.78, 5) is 8.20. The molecule has 1 saturated carbocycles. The summed E-state index contributed by atoms with van der Waals surface area (Å²) in [5.74, 6) is 0. The number of hydrogen-bond acceptors (Lipinski definition) is 4. The highest BCUT2D eigenvalue weighted by Gasteiger charge is 2.58. The van der Waals surface area contributed by atoms with Gasteiger partial charge in [-0.05, 0) is 141 Å². The van der Waals surface area contributed by atoms with Crippen molar-refractivity contribution in [2.24, 2.45) is 0 Å². The first kappa shape index (κ1) is 46.2. The van der Waals surface area contributed by atoms with Gasteiger partial charge in [0.2, 0.25) is 0 Å². The first-order chi connectivity index (χ1) is 34.8. The fourth-order valence-electron chi connectivity index (χ4n) is 13.7. The summed E-state index contributed by atoms with van der Waals surface area (Å²) in [5, 5.41) is 2.63. The quantitative estimate of drug-likeness (QED) is 0.163. The minimum absolute atomic E-state index is 0.00669. The van der Waals surface area contributed by atoms with E-state index in [-0.39, 0.29) is 33.9 Å². The lowest BCUT2D eigenvalue weighted by molar-refractivity contribution is 0.195. The van der Waals surface area contributed by atoms with Gasteiger partial charge in [0, 0.05) is 65.3 Å². The molecule has 13 rings (SSSR count). The van der Waals surface area contributed by atoms with Crippen LogP contribution in [0.15, 0.2) is 164 Å². The van der Waals surface area contributed by atoms with E-state index >= 15 is 0 Å². The molecule has 1 aliphatic carbocycles. The summed E-state index contributed by atoms with van der Waals surface area (Å²) >= 11 is 1.91. The van der Waals surface area contributed by atoms with Gasteiger partial charge >= 0.3 is 0 Å². The van der Waals surface area contributed by atoms with E-state index in [1.807, 2.05) is 11.3 Å². The van der Waals surface area contributed by atoms with Crippen LogP contribution in [0.25, 0.3) is 31.3 Å². The maximum absolute atomic E-state index is 2.81. The normalized spacial score (nSPS) is 19.2. The smallest absolute Gasteiger partial charge is 0.252 e. The van der Waals surface area contributed by atoms with Crippen LogP contribution in [0, 0.1) is 0 Å². The fourth-order valence-corrected chi connectivity index (χ4v) is 14.8. The van der Waals surface area contributed by atoms with Crippen LogP contribution in [0.4, 0.5) is 45.5 Å². The van der Waals surface area contributed by atoms with Crippen molar-refractivity contribution >= 4 is 100 Å². The van der Waals surface area contributed by atoms with E-state index in [4.69, 9.17) is 0 Å². The van der Waals surface area contributed by atoms with Gasteiger partial charge in [-0.2, -0.15) is 0 Å². The van der Waals surface area contributed by atoms with Crippen molar-refractivity contribution in [1.82, 2.24) is 0 Å². The largest absolute Gasteiger partial charge is 0.334 e. The lowest BCUT2D eigenvalue weighted by Crippen LogP contribution is -2.62. The predicted octanol–water partition coefficient (Wildman–Crippen LogP) is 17.4. The van der Waals surface area contributed by atoms with E-state index in [9.17, 15) is 0 Å². The Hall–Kier alpha value is -6.56. The predicted molar refractivity (Wildman–Crippen MR) is 318 cm³/mol. The molecule has 9 aromatic rings. The average Bonchev–Trinajstić information content (AvgIpc) is 3.85. The van der Waals surface area contributed by atoms with E-state index in [1.165, 1.54) is 135 Å². The maximum Gasteiger partial charge on any atom is 0.252 e. The summed E-state index contributed by atoms with van der Waals surface area (Å²) in [5.41, 5.74) is 21.8. The van der Waals surface area contributed by atoms with Crippen molar-refractivity contribution in [3.63, 3.8) is 0 Å². The summed E-state index contributed by atoms with van der Waals surface area (Å²) in [6, 6.07) is 64.1. The summed E-state index contributed by atoms with van der Waals surface area (Å²) in [7, 11) is 0. The second kappa shape index (κ2) is 16.0. The molecule has 3 nitrogen and oxygen atoms in total. The van der Waals surface area contributed by atoms with Crippen LogP contribution in [0.3, 0.4) is 0 Å². The highest BCUT2D eigenvalue weighted by Crippen LogP contribution is 2.62. The Balaban J connectivity index is 1.21. The first-order valence-corrected chi connectivity index (χ1v) is 27.7. The zero-order valence-electron chi connectivity index (χ0n) is 44.7.